The van der Waals surface area contributed by atoms with Crippen molar-refractivity contribution in [2.45, 2.75) is 39.3 Å². The molecule has 7 heteroatoms. The van der Waals surface area contributed by atoms with Crippen LogP contribution in [0.15, 0.2) is 11.4 Å². The molecule has 0 aliphatic carbocycles. The Bertz CT molecular complexity index is 465. The van der Waals surface area contributed by atoms with Crippen molar-refractivity contribution in [3.8, 4) is 0 Å². The molecule has 0 saturated heterocycles. The molecule has 1 N–H and O–H groups in total. The van der Waals surface area contributed by atoms with Crippen LogP contribution >= 0.6 is 11.3 Å². The molecule has 6 nitrogen and oxygen atoms in total. The Hall–Kier alpha value is -1.47. The van der Waals surface area contributed by atoms with Gasteiger partial charge < -0.3 is 5.11 Å². The monoisotopic (exact) mass is 286 g/mol. The number of nitro groups is 1. The predicted molar refractivity (Wildman–Crippen MR) is 73.4 cm³/mol. The van der Waals surface area contributed by atoms with Crippen LogP contribution in [0.1, 0.15) is 32.8 Å². The van der Waals surface area contributed by atoms with E-state index in [-0.39, 0.29) is 17.0 Å². The number of hydrogen-bond donors (Lipinski definition) is 1. The average Bonchev–Trinajstić information content (AvgIpc) is 2.70. The van der Waals surface area contributed by atoms with Gasteiger partial charge in [-0.2, -0.15) is 0 Å². The molecule has 0 spiro atoms. The fourth-order valence-electron chi connectivity index (χ4n) is 1.64. The number of carbonyl (C=O) groups is 1. The zero-order chi connectivity index (χ0) is 14.6. The van der Waals surface area contributed by atoms with Gasteiger partial charge in [0.05, 0.1) is 11.3 Å². The molecule has 19 heavy (non-hydrogen) atoms. The van der Waals surface area contributed by atoms with E-state index in [1.807, 2.05) is 25.7 Å². The molecule has 1 heterocycles. The molecule has 1 aromatic heterocycles. The van der Waals surface area contributed by atoms with Crippen molar-refractivity contribution >= 4 is 22.3 Å². The van der Waals surface area contributed by atoms with Gasteiger partial charge in [-0.25, -0.2) is 0 Å². The summed E-state index contributed by atoms with van der Waals surface area (Å²) in [5.74, 6) is -0.842. The van der Waals surface area contributed by atoms with Crippen molar-refractivity contribution in [3.05, 3.63) is 27.1 Å². The molecule has 0 fully saturated rings. The third-order valence-corrected chi connectivity index (χ3v) is 3.67. The maximum absolute atomic E-state index is 10.7. The van der Waals surface area contributed by atoms with E-state index < -0.39 is 10.9 Å². The minimum atomic E-state index is -0.842. The maximum atomic E-state index is 10.7. The Morgan fingerprint density at radius 3 is 2.58 bits per heavy atom. The molecule has 0 atom stereocenters. The Morgan fingerprint density at radius 1 is 1.53 bits per heavy atom. The minimum absolute atomic E-state index is 0.0590. The van der Waals surface area contributed by atoms with Crippen molar-refractivity contribution < 1.29 is 14.8 Å². The molecule has 0 aliphatic rings. The largest absolute Gasteiger partial charge is 0.481 e. The van der Waals surface area contributed by atoms with Gasteiger partial charge in [0.1, 0.15) is 0 Å². The fourth-order valence-corrected chi connectivity index (χ4v) is 2.36. The van der Waals surface area contributed by atoms with Gasteiger partial charge in [-0.3, -0.25) is 19.8 Å². The summed E-state index contributed by atoms with van der Waals surface area (Å²) in [6.07, 6.45) is 0.0590. The van der Waals surface area contributed by atoms with Crippen LogP contribution in [0.3, 0.4) is 0 Å². The molecular weight excluding hydrogens is 268 g/mol. The van der Waals surface area contributed by atoms with Gasteiger partial charge in [-0.15, -0.1) is 0 Å². The fraction of sp³-hybridized carbons (Fsp3) is 0.583. The first-order valence-corrected chi connectivity index (χ1v) is 6.77. The number of rotatable bonds is 6. The van der Waals surface area contributed by atoms with Crippen LogP contribution in [0.2, 0.25) is 0 Å². The number of thiophene rings is 1. The van der Waals surface area contributed by atoms with Gasteiger partial charge in [0.15, 0.2) is 0 Å². The lowest BCUT2D eigenvalue weighted by atomic mass is 10.0. The van der Waals surface area contributed by atoms with Crippen LogP contribution in [0.4, 0.5) is 5.00 Å². The highest BCUT2D eigenvalue weighted by molar-refractivity contribution is 7.13. The number of carboxylic acid groups (broad SMARTS) is 1. The SMILES string of the molecule is CC(C)(C)N(CCC(=O)O)Cc1csc([N+](=O)[O-])c1. The van der Waals surface area contributed by atoms with Crippen LogP contribution in [0.5, 0.6) is 0 Å². The van der Waals surface area contributed by atoms with Gasteiger partial charge in [-0.05, 0) is 26.3 Å². The van der Waals surface area contributed by atoms with Gasteiger partial charge in [-0.1, -0.05) is 11.3 Å². The first kappa shape index (κ1) is 15.6. The Kier molecular flexibility index (Phi) is 5.02. The summed E-state index contributed by atoms with van der Waals surface area (Å²) in [5, 5.41) is 21.3. The van der Waals surface area contributed by atoms with Crippen molar-refractivity contribution in [3.63, 3.8) is 0 Å². The van der Waals surface area contributed by atoms with E-state index in [2.05, 4.69) is 0 Å². The molecule has 106 valence electrons. The summed E-state index contributed by atoms with van der Waals surface area (Å²) in [5.41, 5.74) is 0.656. The van der Waals surface area contributed by atoms with Gasteiger partial charge in [0.2, 0.25) is 0 Å². The van der Waals surface area contributed by atoms with Crippen molar-refractivity contribution in [1.29, 1.82) is 0 Å². The second kappa shape index (κ2) is 6.12. The van der Waals surface area contributed by atoms with E-state index in [0.29, 0.717) is 13.1 Å². The van der Waals surface area contributed by atoms with Gasteiger partial charge in [0.25, 0.3) is 0 Å². The molecule has 0 amide bonds. The highest BCUT2D eigenvalue weighted by Gasteiger charge is 2.23. The van der Waals surface area contributed by atoms with E-state index in [0.717, 1.165) is 16.9 Å². The summed E-state index contributed by atoms with van der Waals surface area (Å²) in [6, 6.07) is 1.55. The van der Waals surface area contributed by atoms with Gasteiger partial charge >= 0.3 is 11.0 Å². The van der Waals surface area contributed by atoms with Crippen molar-refractivity contribution in [2.24, 2.45) is 0 Å². The molecule has 1 rings (SSSR count). The lowest BCUT2D eigenvalue weighted by Crippen LogP contribution is -2.41. The number of aliphatic carboxylic acids is 1. The highest BCUT2D eigenvalue weighted by atomic mass is 32.1. The van der Waals surface area contributed by atoms with Crippen LogP contribution in [0, 0.1) is 10.1 Å². The number of nitrogens with zero attached hydrogens (tertiary/aromatic N) is 2. The average molecular weight is 286 g/mol. The second-order valence-electron chi connectivity index (χ2n) is 5.29. The predicted octanol–water partition coefficient (Wildman–Crippen LogP) is 2.73. The topological polar surface area (TPSA) is 83.7 Å². The zero-order valence-electron chi connectivity index (χ0n) is 11.3. The Morgan fingerprint density at radius 2 is 2.16 bits per heavy atom. The quantitative estimate of drug-likeness (QED) is 0.642. The molecule has 0 unspecified atom stereocenters. The van der Waals surface area contributed by atoms with Crippen LogP contribution < -0.4 is 0 Å². The molecule has 0 aromatic carbocycles. The highest BCUT2D eigenvalue weighted by Crippen LogP contribution is 2.25. The van der Waals surface area contributed by atoms with Crippen molar-refractivity contribution in [2.75, 3.05) is 6.54 Å². The first-order chi connectivity index (χ1) is 8.70. The van der Waals surface area contributed by atoms with E-state index in [1.165, 1.54) is 0 Å². The molecular formula is C12H18N2O4S. The molecule has 1 aromatic rings. The molecule has 0 saturated carbocycles. The van der Waals surface area contributed by atoms with Crippen molar-refractivity contribution in [1.82, 2.24) is 4.90 Å². The third kappa shape index (κ3) is 4.96. The summed E-state index contributed by atoms with van der Waals surface area (Å²) < 4.78 is 0. The second-order valence-corrected chi connectivity index (χ2v) is 6.18. The van der Waals surface area contributed by atoms with E-state index >= 15 is 0 Å². The maximum Gasteiger partial charge on any atom is 0.324 e. The Balaban J connectivity index is 2.76. The summed E-state index contributed by atoms with van der Waals surface area (Å²) in [7, 11) is 0. The minimum Gasteiger partial charge on any atom is -0.481 e. The van der Waals surface area contributed by atoms with E-state index in [9.17, 15) is 14.9 Å². The number of hydrogen-bond acceptors (Lipinski definition) is 5. The molecule has 0 aliphatic heterocycles. The Labute approximate surface area is 115 Å². The van der Waals surface area contributed by atoms with Crippen LogP contribution in [-0.4, -0.2) is 33.0 Å². The van der Waals surface area contributed by atoms with Crippen LogP contribution in [0.25, 0.3) is 0 Å². The van der Waals surface area contributed by atoms with Crippen LogP contribution in [-0.2, 0) is 11.3 Å². The number of carboxylic acids is 1. The summed E-state index contributed by atoms with van der Waals surface area (Å²) in [6.45, 7) is 6.92. The molecule has 0 bridgehead atoms. The summed E-state index contributed by atoms with van der Waals surface area (Å²) >= 11 is 1.09. The normalized spacial score (nSPS) is 11.8. The third-order valence-electron chi connectivity index (χ3n) is 2.74. The lowest BCUT2D eigenvalue weighted by Gasteiger charge is -2.35. The molecule has 0 radical (unpaired) electrons. The summed E-state index contributed by atoms with van der Waals surface area (Å²) in [4.78, 5) is 22.9. The van der Waals surface area contributed by atoms with E-state index in [4.69, 9.17) is 5.11 Å². The zero-order valence-corrected chi connectivity index (χ0v) is 12.1. The lowest BCUT2D eigenvalue weighted by molar-refractivity contribution is -0.380. The standard InChI is InChI=1S/C12H18N2O4S/c1-12(2,3)13(5-4-11(15)16)7-9-6-10(14(17)18)19-8-9/h6,8H,4-5,7H2,1-3H3,(H,15,16). The van der Waals surface area contributed by atoms with Gasteiger partial charge in [0, 0.05) is 30.1 Å². The first-order valence-electron chi connectivity index (χ1n) is 5.89. The smallest absolute Gasteiger partial charge is 0.324 e. The van der Waals surface area contributed by atoms with E-state index in [1.54, 1.807) is 11.4 Å².